The van der Waals surface area contributed by atoms with Crippen LogP contribution < -0.4 is 24.8 Å². The van der Waals surface area contributed by atoms with Crippen LogP contribution >= 0.6 is 11.3 Å². The summed E-state index contributed by atoms with van der Waals surface area (Å²) >= 11 is 1.63. The average Bonchev–Trinajstić information content (AvgIpc) is 3.32. The number of hydrogen-bond acceptors (Lipinski definition) is 6. The Morgan fingerprint density at radius 1 is 1.28 bits per heavy atom. The lowest BCUT2D eigenvalue weighted by molar-refractivity contribution is -0.0505. The van der Waals surface area contributed by atoms with Gasteiger partial charge in [0.2, 0.25) is 6.79 Å². The van der Waals surface area contributed by atoms with Gasteiger partial charge in [-0.3, -0.25) is 0 Å². The monoisotopic (exact) mass is 426 g/mol. The minimum atomic E-state index is -2.94. The Labute approximate surface area is 172 Å². The lowest BCUT2D eigenvalue weighted by Crippen LogP contribution is -2.36. The van der Waals surface area contributed by atoms with Gasteiger partial charge in [-0.05, 0) is 13.0 Å². The summed E-state index contributed by atoms with van der Waals surface area (Å²) in [6.45, 7) is 4.55. The van der Waals surface area contributed by atoms with Gasteiger partial charge >= 0.3 is 6.61 Å². The predicted octanol–water partition coefficient (Wildman–Crippen LogP) is 3.85. The van der Waals surface area contributed by atoms with Crippen molar-refractivity contribution in [1.82, 2.24) is 15.6 Å². The van der Waals surface area contributed by atoms with Crippen molar-refractivity contribution in [1.29, 1.82) is 0 Å². The maximum absolute atomic E-state index is 12.8. The SMILES string of the molecule is CCNC(=NCc1cc2c(cc1OC(F)F)OCO2)NCc1csc(C(C)C)n1. The molecule has 0 atom stereocenters. The first-order chi connectivity index (χ1) is 14.0. The molecule has 0 aliphatic carbocycles. The summed E-state index contributed by atoms with van der Waals surface area (Å²) < 4.78 is 40.7. The fraction of sp³-hybridized carbons (Fsp3) is 0.474. The highest BCUT2D eigenvalue weighted by atomic mass is 32.1. The number of rotatable bonds is 8. The summed E-state index contributed by atoms with van der Waals surface area (Å²) in [7, 11) is 0. The fourth-order valence-corrected chi connectivity index (χ4v) is 3.48. The highest BCUT2D eigenvalue weighted by molar-refractivity contribution is 7.09. The molecule has 10 heteroatoms. The van der Waals surface area contributed by atoms with E-state index < -0.39 is 6.61 Å². The smallest absolute Gasteiger partial charge is 0.387 e. The van der Waals surface area contributed by atoms with E-state index in [1.165, 1.54) is 6.07 Å². The highest BCUT2D eigenvalue weighted by Gasteiger charge is 2.20. The molecule has 0 saturated heterocycles. The van der Waals surface area contributed by atoms with Crippen molar-refractivity contribution in [3.8, 4) is 17.2 Å². The van der Waals surface area contributed by atoms with E-state index in [9.17, 15) is 8.78 Å². The number of benzene rings is 1. The number of nitrogens with zero attached hydrogens (tertiary/aromatic N) is 2. The van der Waals surface area contributed by atoms with Gasteiger partial charge in [0.1, 0.15) is 5.75 Å². The van der Waals surface area contributed by atoms with Crippen LogP contribution in [0, 0.1) is 0 Å². The summed E-state index contributed by atoms with van der Waals surface area (Å²) in [5.41, 5.74) is 1.40. The van der Waals surface area contributed by atoms with Crippen molar-refractivity contribution < 1.29 is 23.0 Å². The molecule has 2 heterocycles. The summed E-state index contributed by atoms with van der Waals surface area (Å²) in [6.07, 6.45) is 0. The molecule has 1 aromatic heterocycles. The van der Waals surface area contributed by atoms with E-state index in [2.05, 4.69) is 39.2 Å². The van der Waals surface area contributed by atoms with Crippen molar-refractivity contribution >= 4 is 17.3 Å². The number of aliphatic imine (C=N–C) groups is 1. The van der Waals surface area contributed by atoms with Crippen molar-refractivity contribution in [3.63, 3.8) is 0 Å². The normalized spacial score (nSPS) is 13.3. The molecule has 1 aromatic carbocycles. The molecule has 0 unspecified atom stereocenters. The van der Waals surface area contributed by atoms with Gasteiger partial charge in [0, 0.05) is 29.5 Å². The predicted molar refractivity (Wildman–Crippen MR) is 107 cm³/mol. The zero-order valence-electron chi connectivity index (χ0n) is 16.5. The zero-order valence-corrected chi connectivity index (χ0v) is 17.3. The summed E-state index contributed by atoms with van der Waals surface area (Å²) in [4.78, 5) is 9.07. The summed E-state index contributed by atoms with van der Waals surface area (Å²) in [6, 6.07) is 3.02. The minimum Gasteiger partial charge on any atom is -0.454 e. The van der Waals surface area contributed by atoms with E-state index in [0.29, 0.717) is 42.0 Å². The topological polar surface area (TPSA) is 77.0 Å². The van der Waals surface area contributed by atoms with Gasteiger partial charge < -0.3 is 24.8 Å². The molecule has 2 aromatic rings. The summed E-state index contributed by atoms with van der Waals surface area (Å²) in [5, 5.41) is 9.44. The van der Waals surface area contributed by atoms with E-state index in [4.69, 9.17) is 9.47 Å². The molecule has 7 nitrogen and oxygen atoms in total. The van der Waals surface area contributed by atoms with Crippen molar-refractivity contribution in [2.45, 2.75) is 46.4 Å². The number of alkyl halides is 2. The van der Waals surface area contributed by atoms with Gasteiger partial charge in [0.25, 0.3) is 0 Å². The van der Waals surface area contributed by atoms with Gasteiger partial charge in [-0.25, -0.2) is 9.98 Å². The molecule has 0 spiro atoms. The second-order valence-electron chi connectivity index (χ2n) is 6.57. The Balaban J connectivity index is 1.72. The van der Waals surface area contributed by atoms with Crippen LogP contribution in [0.15, 0.2) is 22.5 Å². The standard InChI is InChI=1S/C19H24F2N4O3S/c1-4-22-19(24-8-13-9-29-17(25-13)11(2)3)23-7-12-5-15-16(27-10-26-15)6-14(12)28-18(20)21/h5-6,9,11,18H,4,7-8,10H2,1-3H3,(H2,22,23,24). The van der Waals surface area contributed by atoms with E-state index in [-0.39, 0.29) is 19.1 Å². The molecule has 0 fully saturated rings. The molecular weight excluding hydrogens is 402 g/mol. The number of hydrogen-bond donors (Lipinski definition) is 2. The third-order valence-electron chi connectivity index (χ3n) is 4.02. The molecule has 0 bridgehead atoms. The van der Waals surface area contributed by atoms with Crippen molar-refractivity contribution in [2.75, 3.05) is 13.3 Å². The number of aromatic nitrogens is 1. The second kappa shape index (κ2) is 9.73. The molecule has 1 aliphatic rings. The maximum Gasteiger partial charge on any atom is 0.387 e. The van der Waals surface area contributed by atoms with E-state index in [1.54, 1.807) is 17.4 Å². The fourth-order valence-electron chi connectivity index (χ4n) is 2.64. The summed E-state index contributed by atoms with van der Waals surface area (Å²) in [5.74, 6) is 1.81. The van der Waals surface area contributed by atoms with E-state index in [0.717, 1.165) is 10.7 Å². The molecule has 1 aliphatic heterocycles. The van der Waals surface area contributed by atoms with Crippen molar-refractivity contribution in [3.05, 3.63) is 33.8 Å². The third kappa shape index (κ3) is 5.69. The number of guanidine groups is 1. The number of halogens is 2. The van der Waals surface area contributed by atoms with Crippen molar-refractivity contribution in [2.24, 2.45) is 4.99 Å². The number of thiazole rings is 1. The Morgan fingerprint density at radius 2 is 2.03 bits per heavy atom. The molecule has 0 radical (unpaired) electrons. The number of ether oxygens (including phenoxy) is 3. The van der Waals surface area contributed by atoms with Crippen LogP contribution in [0.5, 0.6) is 17.2 Å². The average molecular weight is 426 g/mol. The number of fused-ring (bicyclic) bond motifs is 1. The highest BCUT2D eigenvalue weighted by Crippen LogP contribution is 2.39. The molecule has 29 heavy (non-hydrogen) atoms. The van der Waals surface area contributed by atoms with Crippen LogP contribution in [0.3, 0.4) is 0 Å². The van der Waals surface area contributed by atoms with Crippen LogP contribution in [0.25, 0.3) is 0 Å². The largest absolute Gasteiger partial charge is 0.454 e. The zero-order chi connectivity index (χ0) is 20.8. The van der Waals surface area contributed by atoms with Crippen LogP contribution in [0.4, 0.5) is 8.78 Å². The van der Waals surface area contributed by atoms with Gasteiger partial charge in [-0.2, -0.15) is 8.78 Å². The van der Waals surface area contributed by atoms with Gasteiger partial charge in [0.05, 0.1) is 23.8 Å². The Bertz CT molecular complexity index is 858. The van der Waals surface area contributed by atoms with Gasteiger partial charge in [0.15, 0.2) is 17.5 Å². The molecule has 0 amide bonds. The maximum atomic E-state index is 12.8. The molecular formula is C19H24F2N4O3S. The van der Waals surface area contributed by atoms with Crippen LogP contribution in [-0.2, 0) is 13.1 Å². The Morgan fingerprint density at radius 3 is 2.69 bits per heavy atom. The lowest BCUT2D eigenvalue weighted by Gasteiger charge is -2.13. The first-order valence-corrected chi connectivity index (χ1v) is 10.2. The van der Waals surface area contributed by atoms with Gasteiger partial charge in [-0.15, -0.1) is 11.3 Å². The van der Waals surface area contributed by atoms with E-state index >= 15 is 0 Å². The van der Waals surface area contributed by atoms with Crippen LogP contribution in [-0.4, -0.2) is 30.9 Å². The van der Waals surface area contributed by atoms with Crippen LogP contribution in [0.1, 0.15) is 43.0 Å². The molecule has 3 rings (SSSR count). The number of nitrogens with one attached hydrogen (secondary N) is 2. The van der Waals surface area contributed by atoms with E-state index in [1.807, 2.05) is 12.3 Å². The Kier molecular flexibility index (Phi) is 7.08. The van der Waals surface area contributed by atoms with Gasteiger partial charge in [-0.1, -0.05) is 13.8 Å². The molecule has 158 valence electrons. The van der Waals surface area contributed by atoms with Crippen LogP contribution in [0.2, 0.25) is 0 Å². The molecule has 0 saturated carbocycles. The third-order valence-corrected chi connectivity index (χ3v) is 5.22. The Hall–Kier alpha value is -2.62. The second-order valence-corrected chi connectivity index (χ2v) is 7.46. The minimum absolute atomic E-state index is 0.0184. The molecule has 2 N–H and O–H groups in total. The quantitative estimate of drug-likeness (QED) is 0.493. The first kappa shape index (κ1) is 21.1. The first-order valence-electron chi connectivity index (χ1n) is 9.30. The lowest BCUT2D eigenvalue weighted by atomic mass is 10.1.